The molecule has 1 fully saturated rings. The van der Waals surface area contributed by atoms with Gasteiger partial charge in [0.25, 0.3) is 5.91 Å². The Kier molecular flexibility index (Phi) is 6.63. The molecule has 0 heterocycles. The molecule has 0 saturated heterocycles. The number of esters is 1. The largest absolute Gasteiger partial charge is 0.455 e. The van der Waals surface area contributed by atoms with Crippen molar-refractivity contribution in [1.29, 1.82) is 0 Å². The topological polar surface area (TPSA) is 55.4 Å². The standard InChI is InChI=1S/C19H27NO3/c1-3-16(15-10-5-4-6-11-15)19(22)23-13-18(21)20-17-12-8-7-9-14(17)2/h4-6,10-11,14,16-17H,3,7-9,12-13H2,1-2H3,(H,20,21)/t14-,16+,17-/m0/s1. The lowest BCUT2D eigenvalue weighted by Gasteiger charge is -2.29. The van der Waals surface area contributed by atoms with Crippen LogP contribution in [0.2, 0.25) is 0 Å². The molecule has 0 bridgehead atoms. The van der Waals surface area contributed by atoms with Crippen LogP contribution in [0.15, 0.2) is 30.3 Å². The number of hydrogen-bond acceptors (Lipinski definition) is 3. The molecule has 0 aromatic heterocycles. The van der Waals surface area contributed by atoms with Crippen LogP contribution in [0.25, 0.3) is 0 Å². The summed E-state index contributed by atoms with van der Waals surface area (Å²) in [5, 5.41) is 3.00. The van der Waals surface area contributed by atoms with Gasteiger partial charge < -0.3 is 10.1 Å². The second-order valence-electron chi connectivity index (χ2n) is 6.41. The second kappa shape index (κ2) is 8.70. The number of nitrogens with one attached hydrogen (secondary N) is 1. The van der Waals surface area contributed by atoms with E-state index >= 15 is 0 Å². The molecule has 0 unspecified atom stereocenters. The van der Waals surface area contributed by atoms with Crippen LogP contribution < -0.4 is 5.32 Å². The summed E-state index contributed by atoms with van der Waals surface area (Å²) >= 11 is 0. The lowest BCUT2D eigenvalue weighted by molar-refractivity contribution is -0.150. The van der Waals surface area contributed by atoms with Crippen molar-refractivity contribution in [2.75, 3.05) is 6.61 Å². The van der Waals surface area contributed by atoms with Crippen LogP contribution in [0.3, 0.4) is 0 Å². The van der Waals surface area contributed by atoms with Gasteiger partial charge in [-0.2, -0.15) is 0 Å². The summed E-state index contributed by atoms with van der Waals surface area (Å²) in [7, 11) is 0. The molecule has 126 valence electrons. The van der Waals surface area contributed by atoms with E-state index in [1.807, 2.05) is 37.3 Å². The molecule has 3 atom stereocenters. The van der Waals surface area contributed by atoms with Gasteiger partial charge in [-0.25, -0.2) is 0 Å². The van der Waals surface area contributed by atoms with Crippen LogP contribution >= 0.6 is 0 Å². The van der Waals surface area contributed by atoms with Gasteiger partial charge in [-0.1, -0.05) is 57.0 Å². The average Bonchev–Trinajstić information content (AvgIpc) is 2.57. The first-order chi connectivity index (χ1) is 11.1. The van der Waals surface area contributed by atoms with E-state index in [0.717, 1.165) is 24.8 Å². The minimum Gasteiger partial charge on any atom is -0.455 e. The van der Waals surface area contributed by atoms with E-state index in [4.69, 9.17) is 4.74 Å². The summed E-state index contributed by atoms with van der Waals surface area (Å²) in [6.45, 7) is 3.92. The Hall–Kier alpha value is -1.84. The number of carbonyl (C=O) groups excluding carboxylic acids is 2. The van der Waals surface area contributed by atoms with Gasteiger partial charge in [0.05, 0.1) is 5.92 Å². The van der Waals surface area contributed by atoms with Crippen molar-refractivity contribution < 1.29 is 14.3 Å². The minimum absolute atomic E-state index is 0.189. The van der Waals surface area contributed by atoms with Gasteiger partial charge in [-0.05, 0) is 30.7 Å². The number of carbonyl (C=O) groups is 2. The fourth-order valence-corrected chi connectivity index (χ4v) is 3.24. The van der Waals surface area contributed by atoms with E-state index in [2.05, 4.69) is 12.2 Å². The molecule has 1 saturated carbocycles. The first-order valence-electron chi connectivity index (χ1n) is 8.62. The number of amides is 1. The van der Waals surface area contributed by atoms with E-state index in [-0.39, 0.29) is 30.4 Å². The number of ether oxygens (including phenoxy) is 1. The Morgan fingerprint density at radius 2 is 1.91 bits per heavy atom. The summed E-state index contributed by atoms with van der Waals surface area (Å²) < 4.78 is 5.24. The summed E-state index contributed by atoms with van der Waals surface area (Å²) in [6, 6.07) is 9.77. The molecule has 1 aromatic rings. The molecule has 23 heavy (non-hydrogen) atoms. The Bertz CT molecular complexity index is 515. The summed E-state index contributed by atoms with van der Waals surface area (Å²) in [5.74, 6) is -0.334. The SMILES string of the molecule is CC[C@@H](C(=O)OCC(=O)N[C@H]1CCCC[C@@H]1C)c1ccccc1. The quantitative estimate of drug-likeness (QED) is 0.818. The summed E-state index contributed by atoms with van der Waals surface area (Å²) in [4.78, 5) is 24.3. The smallest absolute Gasteiger partial charge is 0.313 e. The van der Waals surface area contributed by atoms with E-state index in [0.29, 0.717) is 12.3 Å². The molecule has 1 aromatic carbocycles. The Morgan fingerprint density at radius 1 is 1.22 bits per heavy atom. The van der Waals surface area contributed by atoms with Gasteiger partial charge in [-0.15, -0.1) is 0 Å². The summed E-state index contributed by atoms with van der Waals surface area (Å²) in [5.41, 5.74) is 0.932. The van der Waals surface area contributed by atoms with Gasteiger partial charge in [0.1, 0.15) is 0 Å². The normalized spacial score (nSPS) is 22.2. The highest BCUT2D eigenvalue weighted by molar-refractivity contribution is 5.83. The fraction of sp³-hybridized carbons (Fsp3) is 0.579. The van der Waals surface area contributed by atoms with Crippen LogP contribution in [0.5, 0.6) is 0 Å². The van der Waals surface area contributed by atoms with Crippen molar-refractivity contribution in [3.8, 4) is 0 Å². The van der Waals surface area contributed by atoms with E-state index in [1.54, 1.807) is 0 Å². The first kappa shape index (κ1) is 17.5. The molecule has 1 aliphatic carbocycles. The van der Waals surface area contributed by atoms with Crippen LogP contribution in [-0.4, -0.2) is 24.5 Å². The van der Waals surface area contributed by atoms with Gasteiger partial charge in [0.2, 0.25) is 0 Å². The number of benzene rings is 1. The number of rotatable bonds is 6. The van der Waals surface area contributed by atoms with E-state index in [1.165, 1.54) is 6.42 Å². The van der Waals surface area contributed by atoms with E-state index < -0.39 is 0 Å². The zero-order chi connectivity index (χ0) is 16.7. The van der Waals surface area contributed by atoms with Crippen molar-refractivity contribution in [3.05, 3.63) is 35.9 Å². The van der Waals surface area contributed by atoms with Gasteiger partial charge in [0.15, 0.2) is 6.61 Å². The van der Waals surface area contributed by atoms with Crippen LogP contribution in [-0.2, 0) is 14.3 Å². The highest BCUT2D eigenvalue weighted by atomic mass is 16.5. The van der Waals surface area contributed by atoms with Crippen molar-refractivity contribution >= 4 is 11.9 Å². The minimum atomic E-state index is -0.328. The molecule has 0 radical (unpaired) electrons. The maximum Gasteiger partial charge on any atom is 0.313 e. The molecular weight excluding hydrogens is 290 g/mol. The third-order valence-corrected chi connectivity index (χ3v) is 4.70. The van der Waals surface area contributed by atoms with Crippen molar-refractivity contribution in [3.63, 3.8) is 0 Å². The highest BCUT2D eigenvalue weighted by Gasteiger charge is 2.24. The fourth-order valence-electron chi connectivity index (χ4n) is 3.24. The van der Waals surface area contributed by atoms with E-state index in [9.17, 15) is 9.59 Å². The molecular formula is C19H27NO3. The lowest BCUT2D eigenvalue weighted by atomic mass is 9.86. The highest BCUT2D eigenvalue weighted by Crippen LogP contribution is 2.24. The third-order valence-electron chi connectivity index (χ3n) is 4.70. The molecule has 4 nitrogen and oxygen atoms in total. The molecule has 0 spiro atoms. The monoisotopic (exact) mass is 317 g/mol. The Balaban J connectivity index is 1.82. The second-order valence-corrected chi connectivity index (χ2v) is 6.41. The van der Waals surface area contributed by atoms with Gasteiger partial charge in [-0.3, -0.25) is 9.59 Å². The van der Waals surface area contributed by atoms with Crippen molar-refractivity contribution in [2.24, 2.45) is 5.92 Å². The lowest BCUT2D eigenvalue weighted by Crippen LogP contribution is -2.43. The van der Waals surface area contributed by atoms with Crippen molar-refractivity contribution in [1.82, 2.24) is 5.32 Å². The molecule has 2 rings (SSSR count). The van der Waals surface area contributed by atoms with Crippen molar-refractivity contribution in [2.45, 2.75) is 57.9 Å². The predicted octanol–water partition coefficient (Wildman–Crippen LogP) is 3.42. The maximum absolute atomic E-state index is 12.2. The van der Waals surface area contributed by atoms with Crippen LogP contribution in [0, 0.1) is 5.92 Å². The third kappa shape index (κ3) is 5.08. The summed E-state index contributed by atoms with van der Waals surface area (Å²) in [6.07, 6.45) is 5.21. The molecule has 4 heteroatoms. The van der Waals surface area contributed by atoms with Gasteiger partial charge in [0, 0.05) is 6.04 Å². The molecule has 1 N–H and O–H groups in total. The molecule has 1 aliphatic rings. The average molecular weight is 317 g/mol. The van der Waals surface area contributed by atoms with Crippen LogP contribution in [0.4, 0.5) is 0 Å². The molecule has 1 amide bonds. The zero-order valence-corrected chi connectivity index (χ0v) is 14.1. The number of hydrogen-bond donors (Lipinski definition) is 1. The first-order valence-corrected chi connectivity index (χ1v) is 8.62. The van der Waals surface area contributed by atoms with Crippen LogP contribution in [0.1, 0.15) is 57.4 Å². The zero-order valence-electron chi connectivity index (χ0n) is 14.1. The maximum atomic E-state index is 12.2. The Morgan fingerprint density at radius 3 is 2.57 bits per heavy atom. The predicted molar refractivity (Wildman–Crippen MR) is 90.0 cm³/mol. The van der Waals surface area contributed by atoms with Gasteiger partial charge >= 0.3 is 5.97 Å². The Labute approximate surface area is 138 Å². The molecule has 0 aliphatic heterocycles.